The van der Waals surface area contributed by atoms with Crippen LogP contribution < -0.4 is 5.32 Å². The minimum atomic E-state index is -0.349. The Balaban J connectivity index is 2.86. The molecule has 104 valence electrons. The zero-order valence-corrected chi connectivity index (χ0v) is 12.2. The summed E-state index contributed by atoms with van der Waals surface area (Å²) in [5.74, 6) is 0.456. The van der Waals surface area contributed by atoms with Crippen LogP contribution in [0.3, 0.4) is 0 Å². The Hall–Kier alpha value is -1.06. The van der Waals surface area contributed by atoms with Gasteiger partial charge in [-0.1, -0.05) is 41.0 Å². The monoisotopic (exact) mass is 254 g/mol. The largest absolute Gasteiger partial charge is 0.345 e. The van der Waals surface area contributed by atoms with Gasteiger partial charge in [-0.05, 0) is 17.8 Å². The lowest BCUT2D eigenvalue weighted by Gasteiger charge is -2.43. The summed E-state index contributed by atoms with van der Waals surface area (Å²) in [6, 6.07) is -0.349. The summed E-state index contributed by atoms with van der Waals surface area (Å²) in [6.07, 6.45) is 2.19. The Bertz CT molecular complexity index is 320. The third-order valence-electron chi connectivity index (χ3n) is 3.40. The highest BCUT2D eigenvalue weighted by molar-refractivity contribution is 5.95. The molecule has 0 aromatic carbocycles. The number of carbonyl (C=O) groups is 2. The molecule has 0 aromatic heterocycles. The molecule has 2 atom stereocenters. The van der Waals surface area contributed by atoms with Crippen molar-refractivity contribution in [1.29, 1.82) is 0 Å². The van der Waals surface area contributed by atoms with E-state index < -0.39 is 0 Å². The molecule has 4 nitrogen and oxygen atoms in total. The lowest BCUT2D eigenvalue weighted by atomic mass is 9.83. The molecule has 0 radical (unpaired) electrons. The summed E-state index contributed by atoms with van der Waals surface area (Å²) < 4.78 is 0. The first-order chi connectivity index (χ1) is 8.27. The summed E-state index contributed by atoms with van der Waals surface area (Å²) in [6.45, 7) is 11.1. The zero-order chi connectivity index (χ0) is 13.9. The Labute approximate surface area is 110 Å². The van der Waals surface area contributed by atoms with E-state index in [1.54, 1.807) is 4.90 Å². The maximum absolute atomic E-state index is 12.0. The number of carbonyl (C=O) groups excluding carboxylic acids is 2. The predicted octanol–water partition coefficient (Wildman–Crippen LogP) is 1.80. The topological polar surface area (TPSA) is 49.4 Å². The van der Waals surface area contributed by atoms with E-state index in [0.29, 0.717) is 12.5 Å². The second-order valence-corrected chi connectivity index (χ2v) is 6.43. The van der Waals surface area contributed by atoms with Crippen LogP contribution in [-0.4, -0.2) is 35.8 Å². The highest BCUT2D eigenvalue weighted by Crippen LogP contribution is 2.27. The standard InChI is InChI=1S/C14H26N2O2/c1-6-7-10(2)9-16-11(17)8-15-13(18)12(16)14(3,4)5/h10,12H,6-9H2,1-5H3,(H,15,18). The van der Waals surface area contributed by atoms with Crippen molar-refractivity contribution in [2.24, 2.45) is 11.3 Å². The third kappa shape index (κ3) is 3.47. The van der Waals surface area contributed by atoms with Crippen molar-refractivity contribution in [1.82, 2.24) is 10.2 Å². The van der Waals surface area contributed by atoms with E-state index in [1.165, 1.54) is 0 Å². The van der Waals surface area contributed by atoms with Gasteiger partial charge in [0.05, 0.1) is 6.54 Å². The minimum absolute atomic E-state index is 0.0224. The van der Waals surface area contributed by atoms with Crippen LogP contribution in [0, 0.1) is 11.3 Å². The van der Waals surface area contributed by atoms with Crippen molar-refractivity contribution in [3.63, 3.8) is 0 Å². The second kappa shape index (κ2) is 5.72. The average Bonchev–Trinajstić information content (AvgIpc) is 2.22. The quantitative estimate of drug-likeness (QED) is 0.831. The van der Waals surface area contributed by atoms with Crippen LogP contribution in [0.2, 0.25) is 0 Å². The molecule has 1 aliphatic rings. The van der Waals surface area contributed by atoms with Gasteiger partial charge in [0.15, 0.2) is 0 Å². The minimum Gasteiger partial charge on any atom is -0.345 e. The molecule has 1 N–H and O–H groups in total. The number of nitrogens with one attached hydrogen (secondary N) is 1. The molecule has 0 aliphatic carbocycles. The Morgan fingerprint density at radius 1 is 1.39 bits per heavy atom. The van der Waals surface area contributed by atoms with E-state index >= 15 is 0 Å². The van der Waals surface area contributed by atoms with Crippen LogP contribution >= 0.6 is 0 Å². The molecule has 2 unspecified atom stereocenters. The van der Waals surface area contributed by atoms with Gasteiger partial charge in [-0.15, -0.1) is 0 Å². The molecule has 1 rings (SSSR count). The fourth-order valence-electron chi connectivity index (χ4n) is 2.63. The van der Waals surface area contributed by atoms with E-state index in [0.717, 1.165) is 12.8 Å². The van der Waals surface area contributed by atoms with Crippen molar-refractivity contribution >= 4 is 11.8 Å². The van der Waals surface area contributed by atoms with Gasteiger partial charge in [0, 0.05) is 6.54 Å². The number of hydrogen-bond acceptors (Lipinski definition) is 2. The Kier molecular flexibility index (Phi) is 4.77. The van der Waals surface area contributed by atoms with Crippen LogP contribution in [-0.2, 0) is 9.59 Å². The fraction of sp³-hybridized carbons (Fsp3) is 0.857. The van der Waals surface area contributed by atoms with Crippen molar-refractivity contribution in [3.05, 3.63) is 0 Å². The van der Waals surface area contributed by atoms with E-state index in [4.69, 9.17) is 0 Å². The number of piperazine rings is 1. The molecule has 2 amide bonds. The molecule has 1 saturated heterocycles. The van der Waals surface area contributed by atoms with E-state index in [9.17, 15) is 9.59 Å². The molecule has 18 heavy (non-hydrogen) atoms. The highest BCUT2D eigenvalue weighted by atomic mass is 16.2. The average molecular weight is 254 g/mol. The van der Waals surface area contributed by atoms with E-state index in [-0.39, 0.29) is 29.8 Å². The van der Waals surface area contributed by atoms with Gasteiger partial charge in [0.25, 0.3) is 0 Å². The van der Waals surface area contributed by atoms with Crippen LogP contribution in [0.5, 0.6) is 0 Å². The van der Waals surface area contributed by atoms with Gasteiger partial charge in [0.1, 0.15) is 6.04 Å². The van der Waals surface area contributed by atoms with Crippen molar-refractivity contribution in [2.75, 3.05) is 13.1 Å². The second-order valence-electron chi connectivity index (χ2n) is 6.43. The normalized spacial score (nSPS) is 22.9. The van der Waals surface area contributed by atoms with Gasteiger partial charge >= 0.3 is 0 Å². The lowest BCUT2D eigenvalue weighted by molar-refractivity contribution is -0.150. The van der Waals surface area contributed by atoms with Gasteiger partial charge in [-0.3, -0.25) is 9.59 Å². The molecule has 1 heterocycles. The predicted molar refractivity (Wildman–Crippen MR) is 72.0 cm³/mol. The van der Waals surface area contributed by atoms with Gasteiger partial charge < -0.3 is 10.2 Å². The molecule has 0 saturated carbocycles. The molecular formula is C14H26N2O2. The van der Waals surface area contributed by atoms with E-state index in [2.05, 4.69) is 19.2 Å². The van der Waals surface area contributed by atoms with Crippen LogP contribution in [0.15, 0.2) is 0 Å². The number of amides is 2. The fourth-order valence-corrected chi connectivity index (χ4v) is 2.63. The maximum Gasteiger partial charge on any atom is 0.243 e. The van der Waals surface area contributed by atoms with Gasteiger partial charge in [0.2, 0.25) is 11.8 Å². The smallest absolute Gasteiger partial charge is 0.243 e. The first kappa shape index (κ1) is 15.0. The molecule has 1 fully saturated rings. The summed E-state index contributed by atoms with van der Waals surface area (Å²) in [7, 11) is 0. The van der Waals surface area contributed by atoms with Crippen molar-refractivity contribution in [2.45, 2.75) is 53.5 Å². The SMILES string of the molecule is CCCC(C)CN1C(=O)CNC(=O)C1C(C)(C)C. The molecule has 0 bridgehead atoms. The van der Waals surface area contributed by atoms with Crippen LogP contribution in [0.1, 0.15) is 47.5 Å². The maximum atomic E-state index is 12.0. The first-order valence-corrected chi connectivity index (χ1v) is 6.84. The van der Waals surface area contributed by atoms with Crippen LogP contribution in [0.4, 0.5) is 0 Å². The summed E-state index contributed by atoms with van der Waals surface area (Å²) in [4.78, 5) is 25.9. The van der Waals surface area contributed by atoms with Crippen molar-refractivity contribution in [3.8, 4) is 0 Å². The first-order valence-electron chi connectivity index (χ1n) is 6.84. The van der Waals surface area contributed by atoms with Gasteiger partial charge in [-0.2, -0.15) is 0 Å². The highest BCUT2D eigenvalue weighted by Gasteiger charge is 2.42. The lowest BCUT2D eigenvalue weighted by Crippen LogP contribution is -2.63. The van der Waals surface area contributed by atoms with Crippen molar-refractivity contribution < 1.29 is 9.59 Å². The Morgan fingerprint density at radius 3 is 2.50 bits per heavy atom. The summed E-state index contributed by atoms with van der Waals surface area (Å²) >= 11 is 0. The molecule has 4 heteroatoms. The Morgan fingerprint density at radius 2 is 2.00 bits per heavy atom. The molecule has 0 spiro atoms. The zero-order valence-electron chi connectivity index (χ0n) is 12.2. The molecular weight excluding hydrogens is 228 g/mol. The number of rotatable bonds is 4. The third-order valence-corrected chi connectivity index (χ3v) is 3.40. The number of hydrogen-bond donors (Lipinski definition) is 1. The molecule has 1 aliphatic heterocycles. The van der Waals surface area contributed by atoms with E-state index in [1.807, 2.05) is 20.8 Å². The van der Waals surface area contributed by atoms with Crippen LogP contribution in [0.25, 0.3) is 0 Å². The summed E-state index contributed by atoms with van der Waals surface area (Å²) in [5, 5.41) is 2.69. The number of nitrogens with zero attached hydrogens (tertiary/aromatic N) is 1. The van der Waals surface area contributed by atoms with Gasteiger partial charge in [-0.25, -0.2) is 0 Å². The summed E-state index contributed by atoms with van der Waals surface area (Å²) in [5.41, 5.74) is -0.230. The molecule has 0 aromatic rings.